The van der Waals surface area contributed by atoms with Gasteiger partial charge in [0.15, 0.2) is 5.90 Å². The Morgan fingerprint density at radius 1 is 1.36 bits per heavy atom. The van der Waals surface area contributed by atoms with Gasteiger partial charge in [-0.15, -0.1) is 0 Å². The predicted octanol–water partition coefficient (Wildman–Crippen LogP) is 3.24. The molecule has 0 bridgehead atoms. The molecule has 1 aliphatic heterocycles. The number of halogens is 1. The van der Waals surface area contributed by atoms with Crippen molar-refractivity contribution in [1.29, 1.82) is 0 Å². The number of ether oxygens (including phenoxy) is 1. The molecule has 2 nitrogen and oxygen atoms in total. The van der Waals surface area contributed by atoms with E-state index in [0.29, 0.717) is 6.61 Å². The summed E-state index contributed by atoms with van der Waals surface area (Å²) in [6, 6.07) is 8.11. The van der Waals surface area contributed by atoms with Crippen molar-refractivity contribution in [3.05, 3.63) is 40.0 Å². The summed E-state index contributed by atoms with van der Waals surface area (Å²) in [6.07, 6.45) is 2.03. The smallest absolute Gasteiger partial charge is 0.185 e. The molecule has 1 heterocycles. The second-order valence-corrected chi connectivity index (χ2v) is 4.02. The second-order valence-electron chi connectivity index (χ2n) is 3.11. The van der Waals surface area contributed by atoms with Gasteiger partial charge >= 0.3 is 0 Å². The minimum atomic E-state index is 0.585. The number of nitrogens with zero attached hydrogens (tertiary/aromatic N) is 1. The van der Waals surface area contributed by atoms with Crippen LogP contribution in [0.15, 0.2) is 39.4 Å². The summed E-state index contributed by atoms with van der Waals surface area (Å²) in [5.74, 6) is 0.744. The van der Waals surface area contributed by atoms with Crippen molar-refractivity contribution >= 4 is 27.9 Å². The van der Waals surface area contributed by atoms with E-state index in [1.807, 2.05) is 37.3 Å². The van der Waals surface area contributed by atoms with E-state index in [2.05, 4.69) is 20.9 Å². The van der Waals surface area contributed by atoms with E-state index in [4.69, 9.17) is 4.74 Å². The molecule has 0 aromatic heterocycles. The molecule has 3 heteroatoms. The van der Waals surface area contributed by atoms with Gasteiger partial charge in [-0.1, -0.05) is 28.1 Å². The van der Waals surface area contributed by atoms with Crippen LogP contribution in [0.2, 0.25) is 0 Å². The number of hydrogen-bond acceptors (Lipinski definition) is 2. The molecule has 2 rings (SSSR count). The van der Waals surface area contributed by atoms with Crippen LogP contribution in [0.5, 0.6) is 0 Å². The van der Waals surface area contributed by atoms with Crippen LogP contribution in [-0.2, 0) is 4.74 Å². The van der Waals surface area contributed by atoms with Gasteiger partial charge in [0.25, 0.3) is 0 Å². The standard InChI is InChI=1S/C11H10BrNO/c1-8-13-11(7-14-8)6-9-2-4-10(12)5-3-9/h2-6H,7H2,1H3/b11-6-. The van der Waals surface area contributed by atoms with Gasteiger partial charge in [0.2, 0.25) is 0 Å². The van der Waals surface area contributed by atoms with E-state index in [1.165, 1.54) is 0 Å². The molecule has 0 spiro atoms. The summed E-state index contributed by atoms with van der Waals surface area (Å²) in [5.41, 5.74) is 2.12. The molecule has 0 fully saturated rings. The van der Waals surface area contributed by atoms with Crippen LogP contribution in [-0.4, -0.2) is 12.5 Å². The Hall–Kier alpha value is -1.09. The lowest BCUT2D eigenvalue weighted by Crippen LogP contribution is -1.89. The van der Waals surface area contributed by atoms with Gasteiger partial charge in [-0.3, -0.25) is 0 Å². The molecule has 0 unspecified atom stereocenters. The Bertz CT molecular complexity index is 392. The summed E-state index contributed by atoms with van der Waals surface area (Å²) in [7, 11) is 0. The molecule has 1 aliphatic rings. The van der Waals surface area contributed by atoms with Gasteiger partial charge in [-0.2, -0.15) is 0 Å². The topological polar surface area (TPSA) is 21.6 Å². The van der Waals surface area contributed by atoms with Crippen molar-refractivity contribution in [3.63, 3.8) is 0 Å². The average molecular weight is 252 g/mol. The molecule has 0 amide bonds. The zero-order valence-electron chi connectivity index (χ0n) is 7.83. The van der Waals surface area contributed by atoms with Crippen LogP contribution < -0.4 is 0 Å². The zero-order valence-corrected chi connectivity index (χ0v) is 9.41. The number of rotatable bonds is 1. The van der Waals surface area contributed by atoms with E-state index < -0.39 is 0 Å². The summed E-state index contributed by atoms with van der Waals surface area (Å²) < 4.78 is 6.32. The molecule has 0 N–H and O–H groups in total. The summed E-state index contributed by atoms with van der Waals surface area (Å²) in [5, 5.41) is 0. The first-order valence-electron chi connectivity index (χ1n) is 4.38. The lowest BCUT2D eigenvalue weighted by molar-refractivity contribution is 0.361. The van der Waals surface area contributed by atoms with Gasteiger partial charge in [-0.05, 0) is 23.8 Å². The third kappa shape index (κ3) is 2.23. The fourth-order valence-electron chi connectivity index (χ4n) is 1.27. The van der Waals surface area contributed by atoms with Crippen LogP contribution in [0.3, 0.4) is 0 Å². The zero-order chi connectivity index (χ0) is 9.97. The first-order valence-corrected chi connectivity index (χ1v) is 5.17. The fourth-order valence-corrected chi connectivity index (χ4v) is 1.53. The van der Waals surface area contributed by atoms with Crippen LogP contribution >= 0.6 is 15.9 Å². The first-order chi connectivity index (χ1) is 6.74. The molecule has 1 aromatic rings. The highest BCUT2D eigenvalue weighted by Crippen LogP contribution is 2.16. The minimum Gasteiger partial charge on any atom is -0.474 e. The highest BCUT2D eigenvalue weighted by atomic mass is 79.9. The van der Waals surface area contributed by atoms with Gasteiger partial charge in [0, 0.05) is 11.4 Å². The minimum absolute atomic E-state index is 0.585. The molecule has 72 valence electrons. The van der Waals surface area contributed by atoms with Crippen molar-refractivity contribution in [1.82, 2.24) is 0 Å². The summed E-state index contributed by atoms with van der Waals surface area (Å²) in [6.45, 7) is 2.45. The van der Waals surface area contributed by atoms with Crippen molar-refractivity contribution in [2.75, 3.05) is 6.61 Å². The van der Waals surface area contributed by atoms with Gasteiger partial charge in [-0.25, -0.2) is 4.99 Å². The van der Waals surface area contributed by atoms with E-state index in [-0.39, 0.29) is 0 Å². The van der Waals surface area contributed by atoms with Crippen molar-refractivity contribution < 1.29 is 4.74 Å². The predicted molar refractivity (Wildman–Crippen MR) is 61.2 cm³/mol. The molecule has 0 aliphatic carbocycles. The first kappa shape index (κ1) is 9.46. The van der Waals surface area contributed by atoms with Crippen molar-refractivity contribution in [2.24, 2.45) is 4.99 Å². The third-order valence-electron chi connectivity index (χ3n) is 1.93. The monoisotopic (exact) mass is 251 g/mol. The van der Waals surface area contributed by atoms with Gasteiger partial charge < -0.3 is 4.74 Å². The molecule has 0 saturated carbocycles. The van der Waals surface area contributed by atoms with Crippen molar-refractivity contribution in [2.45, 2.75) is 6.92 Å². The number of benzene rings is 1. The van der Waals surface area contributed by atoms with Gasteiger partial charge in [0.1, 0.15) is 6.61 Å². The highest BCUT2D eigenvalue weighted by Gasteiger charge is 2.06. The molecule has 1 aromatic carbocycles. The molecular formula is C11H10BrNO. The molecule has 0 saturated heterocycles. The Morgan fingerprint density at radius 3 is 2.64 bits per heavy atom. The molecular weight excluding hydrogens is 242 g/mol. The maximum Gasteiger partial charge on any atom is 0.185 e. The van der Waals surface area contributed by atoms with Crippen LogP contribution in [0.25, 0.3) is 6.08 Å². The lowest BCUT2D eigenvalue weighted by atomic mass is 10.2. The normalized spacial score (nSPS) is 18.1. The SMILES string of the molecule is CC1=N/C(=C\c2ccc(Br)cc2)CO1. The van der Waals surface area contributed by atoms with Crippen LogP contribution in [0.1, 0.15) is 12.5 Å². The molecule has 0 atom stereocenters. The second kappa shape index (κ2) is 3.96. The van der Waals surface area contributed by atoms with Gasteiger partial charge in [0.05, 0.1) is 5.70 Å². The van der Waals surface area contributed by atoms with E-state index >= 15 is 0 Å². The number of aliphatic imine (C=N–C) groups is 1. The van der Waals surface area contributed by atoms with Crippen molar-refractivity contribution in [3.8, 4) is 0 Å². The van der Waals surface area contributed by atoms with E-state index in [0.717, 1.165) is 21.6 Å². The Balaban J connectivity index is 2.22. The number of hydrogen-bond donors (Lipinski definition) is 0. The average Bonchev–Trinajstić information content (AvgIpc) is 2.56. The quantitative estimate of drug-likeness (QED) is 0.751. The van der Waals surface area contributed by atoms with Crippen LogP contribution in [0.4, 0.5) is 0 Å². The summed E-state index contributed by atoms with van der Waals surface area (Å²) in [4.78, 5) is 4.25. The van der Waals surface area contributed by atoms with E-state index in [9.17, 15) is 0 Å². The maximum absolute atomic E-state index is 5.23. The highest BCUT2D eigenvalue weighted by molar-refractivity contribution is 9.10. The Kier molecular flexibility index (Phi) is 2.68. The Labute approximate surface area is 91.4 Å². The Morgan fingerprint density at radius 2 is 2.07 bits per heavy atom. The van der Waals surface area contributed by atoms with E-state index in [1.54, 1.807) is 0 Å². The molecule has 14 heavy (non-hydrogen) atoms. The van der Waals surface area contributed by atoms with Crippen LogP contribution in [0, 0.1) is 0 Å². The molecule has 0 radical (unpaired) electrons. The lowest BCUT2D eigenvalue weighted by Gasteiger charge is -1.95. The fraction of sp³-hybridized carbons (Fsp3) is 0.182. The third-order valence-corrected chi connectivity index (χ3v) is 2.46. The largest absolute Gasteiger partial charge is 0.474 e. The summed E-state index contributed by atoms with van der Waals surface area (Å²) >= 11 is 3.39. The maximum atomic E-state index is 5.23.